The van der Waals surface area contributed by atoms with Crippen molar-refractivity contribution in [3.8, 4) is 0 Å². The van der Waals surface area contributed by atoms with E-state index in [-0.39, 0.29) is 21.6 Å². The van der Waals surface area contributed by atoms with Gasteiger partial charge in [0.1, 0.15) is 0 Å². The van der Waals surface area contributed by atoms with Gasteiger partial charge in [0.2, 0.25) is 0 Å². The van der Waals surface area contributed by atoms with Crippen molar-refractivity contribution in [1.82, 2.24) is 3.57 Å². The molecule has 0 unspecified atom stereocenters. The van der Waals surface area contributed by atoms with Crippen molar-refractivity contribution >= 4 is 21.6 Å². The van der Waals surface area contributed by atoms with Crippen LogP contribution in [0, 0.1) is 0 Å². The van der Waals surface area contributed by atoms with Crippen LogP contribution < -0.4 is 3.57 Å². The van der Waals surface area contributed by atoms with Crippen molar-refractivity contribution in [3.05, 3.63) is 12.5 Å². The van der Waals surface area contributed by atoms with Crippen LogP contribution in [-0.2, 0) is 3.10 Å². The number of hydrogen-bond acceptors (Lipinski definition) is 2. The first-order chi connectivity index (χ1) is 2.50. The summed E-state index contributed by atoms with van der Waals surface area (Å²) in [5, 5.41) is 0. The first kappa shape index (κ1) is 3.32. The zero-order valence-corrected chi connectivity index (χ0v) is 4.80. The fourth-order valence-corrected chi connectivity index (χ4v) is 0.932. The molecule has 0 bridgehead atoms. The Morgan fingerprint density at radius 2 is 2.80 bits per heavy atom. The zero-order valence-electron chi connectivity index (χ0n) is 2.47. The average Bonchev–Trinajstić information content (AvgIpc) is 1.76. The van der Waals surface area contributed by atoms with Crippen LogP contribution in [0.4, 0.5) is 0 Å². The fourth-order valence-electron chi connectivity index (χ4n) is 0.139. The van der Waals surface area contributed by atoms with Crippen molar-refractivity contribution in [2.24, 2.45) is 0 Å². The van der Waals surface area contributed by atoms with Crippen LogP contribution in [0.15, 0.2) is 12.5 Å². The van der Waals surface area contributed by atoms with Crippen LogP contribution >= 0.6 is 0 Å². The van der Waals surface area contributed by atoms with Gasteiger partial charge in [0, 0.05) is 0 Å². The van der Waals surface area contributed by atoms with E-state index in [1.807, 2.05) is 6.20 Å². The van der Waals surface area contributed by atoms with Crippen LogP contribution in [0.2, 0.25) is 0 Å². The Kier molecular flexibility index (Phi) is 1.02. The van der Waals surface area contributed by atoms with E-state index in [9.17, 15) is 0 Å². The minimum absolute atomic E-state index is 0.257. The summed E-state index contributed by atoms with van der Waals surface area (Å²) < 4.78 is 7.73. The molecule has 0 saturated carbocycles. The van der Waals surface area contributed by atoms with Crippen LogP contribution in [0.5, 0.6) is 0 Å². The molecule has 5 heavy (non-hydrogen) atoms. The fraction of sp³-hybridized carbons (Fsp3) is 0. The Hall–Kier alpha value is 0.130. The van der Waals surface area contributed by atoms with Crippen LogP contribution in [-0.4, -0.2) is 21.6 Å². The van der Waals surface area contributed by atoms with Crippen molar-refractivity contribution in [2.75, 3.05) is 0 Å². The Morgan fingerprint density at radius 1 is 1.80 bits per heavy atom. The van der Waals surface area contributed by atoms with Crippen LogP contribution in [0.1, 0.15) is 0 Å². The van der Waals surface area contributed by atoms with Crippen LogP contribution in [0.3, 0.4) is 0 Å². The summed E-state index contributed by atoms with van der Waals surface area (Å²) in [5.74, 6) is 0. The molecule has 0 aromatic rings. The Balaban J connectivity index is 2.32. The quantitative estimate of drug-likeness (QED) is 0.518. The monoisotopic (exact) mass is 187 g/mol. The molecular weight excluding hydrogens is 182 g/mol. The second-order valence-corrected chi connectivity index (χ2v) is 2.30. The topological polar surface area (TPSA) is 21.3 Å². The molecule has 0 amide bonds. The second kappa shape index (κ2) is 1.54. The predicted molar refractivity (Wildman–Crippen MR) is 19.1 cm³/mol. The van der Waals surface area contributed by atoms with Gasteiger partial charge < -0.3 is 0 Å². The molecular formula is C2H3NOTe. The molecule has 28 valence electrons. The molecule has 0 aromatic heterocycles. The third-order valence-corrected chi connectivity index (χ3v) is 1.54. The molecule has 0 atom stereocenters. The van der Waals surface area contributed by atoms with E-state index < -0.39 is 0 Å². The summed E-state index contributed by atoms with van der Waals surface area (Å²) in [6.45, 7) is 0. The molecule has 1 heterocycles. The maximum absolute atomic E-state index is 4.78. The summed E-state index contributed by atoms with van der Waals surface area (Å²) in [5.41, 5.74) is 0. The molecule has 1 N–H and O–H groups in total. The average molecular weight is 185 g/mol. The summed E-state index contributed by atoms with van der Waals surface area (Å²) in [4.78, 5) is 0. The SMILES string of the molecule is C1=CO[Te]N1. The molecule has 1 rings (SSSR count). The molecule has 0 spiro atoms. The van der Waals surface area contributed by atoms with Crippen molar-refractivity contribution in [3.63, 3.8) is 0 Å². The summed E-state index contributed by atoms with van der Waals surface area (Å²) in [7, 11) is 0. The normalized spacial score (nSPS) is 17.6. The van der Waals surface area contributed by atoms with E-state index in [0.29, 0.717) is 0 Å². The molecule has 0 aromatic carbocycles. The minimum atomic E-state index is -0.257. The summed E-state index contributed by atoms with van der Waals surface area (Å²) in [6, 6.07) is 0. The van der Waals surface area contributed by atoms with Gasteiger partial charge in [0.15, 0.2) is 0 Å². The molecule has 1 aliphatic rings. The van der Waals surface area contributed by atoms with Gasteiger partial charge in [-0.15, -0.1) is 0 Å². The molecule has 3 heteroatoms. The van der Waals surface area contributed by atoms with Gasteiger partial charge in [0.05, 0.1) is 0 Å². The second-order valence-electron chi connectivity index (χ2n) is 0.600. The molecule has 1 aliphatic heterocycles. The van der Waals surface area contributed by atoms with Gasteiger partial charge in [-0.2, -0.15) is 0 Å². The summed E-state index contributed by atoms with van der Waals surface area (Å²) >= 11 is -0.257. The van der Waals surface area contributed by atoms with Gasteiger partial charge in [-0.25, -0.2) is 0 Å². The molecule has 0 aliphatic carbocycles. The standard InChI is InChI=1S/C2H3NOTe/c1-2-4-5-3-1/h1-3H. The van der Waals surface area contributed by atoms with E-state index in [0.717, 1.165) is 0 Å². The molecule has 0 radical (unpaired) electrons. The van der Waals surface area contributed by atoms with E-state index in [2.05, 4.69) is 3.57 Å². The molecule has 0 saturated heterocycles. The van der Waals surface area contributed by atoms with E-state index in [1.165, 1.54) is 0 Å². The number of hydrogen-bond donors (Lipinski definition) is 1. The van der Waals surface area contributed by atoms with E-state index in [1.54, 1.807) is 6.26 Å². The molecule has 2 nitrogen and oxygen atoms in total. The maximum atomic E-state index is 4.78. The summed E-state index contributed by atoms with van der Waals surface area (Å²) in [6.07, 6.45) is 3.50. The number of rotatable bonds is 0. The Labute approximate surface area is 41.2 Å². The van der Waals surface area contributed by atoms with Crippen LogP contribution in [0.25, 0.3) is 0 Å². The zero-order chi connectivity index (χ0) is 3.54. The van der Waals surface area contributed by atoms with Crippen molar-refractivity contribution < 1.29 is 3.10 Å². The molecule has 0 fully saturated rings. The van der Waals surface area contributed by atoms with Crippen molar-refractivity contribution in [1.29, 1.82) is 0 Å². The van der Waals surface area contributed by atoms with Gasteiger partial charge in [-0.05, 0) is 0 Å². The number of nitrogens with one attached hydrogen (secondary N) is 1. The van der Waals surface area contributed by atoms with Gasteiger partial charge in [0.25, 0.3) is 0 Å². The predicted octanol–water partition coefficient (Wildman–Crippen LogP) is -0.388. The van der Waals surface area contributed by atoms with E-state index >= 15 is 0 Å². The Morgan fingerprint density at radius 3 is 3.00 bits per heavy atom. The third kappa shape index (κ3) is 0.712. The third-order valence-electron chi connectivity index (χ3n) is 0.288. The first-order valence-electron chi connectivity index (χ1n) is 1.23. The Bertz CT molecular complexity index is 47.6. The van der Waals surface area contributed by atoms with Gasteiger partial charge in [-0.1, -0.05) is 0 Å². The first-order valence-corrected chi connectivity index (χ1v) is 3.35. The van der Waals surface area contributed by atoms with E-state index in [4.69, 9.17) is 3.10 Å². The van der Waals surface area contributed by atoms with Gasteiger partial charge in [-0.3, -0.25) is 0 Å². The van der Waals surface area contributed by atoms with Crippen molar-refractivity contribution in [2.45, 2.75) is 0 Å². The van der Waals surface area contributed by atoms with Gasteiger partial charge >= 0.3 is 40.7 Å².